The molecule has 5 rings (SSSR count). The Labute approximate surface area is 195 Å². The highest BCUT2D eigenvalue weighted by Gasteiger charge is 2.30. The van der Waals surface area contributed by atoms with Gasteiger partial charge in [0.05, 0.1) is 10.4 Å². The quantitative estimate of drug-likeness (QED) is 0.476. The van der Waals surface area contributed by atoms with Crippen LogP contribution < -0.4 is 10.6 Å². The van der Waals surface area contributed by atoms with Gasteiger partial charge in [-0.25, -0.2) is 9.97 Å². The van der Waals surface area contributed by atoms with Gasteiger partial charge in [-0.05, 0) is 41.3 Å². The monoisotopic (exact) mass is 463 g/mol. The van der Waals surface area contributed by atoms with Crippen LogP contribution in [0.3, 0.4) is 0 Å². The topological polar surface area (TPSA) is 75.4 Å². The first kappa shape index (κ1) is 20.9. The first-order valence-corrected chi connectivity index (χ1v) is 11.7. The van der Waals surface area contributed by atoms with Crippen molar-refractivity contribution in [3.8, 4) is 10.7 Å². The normalized spacial score (nSPS) is 15.7. The van der Waals surface area contributed by atoms with E-state index in [2.05, 4.69) is 15.9 Å². The molecule has 1 saturated heterocycles. The number of nitrogens with zero attached hydrogens (tertiary/aromatic N) is 4. The largest absolute Gasteiger partial charge is 0.368 e. The van der Waals surface area contributed by atoms with Crippen LogP contribution in [0.2, 0.25) is 5.02 Å². The van der Waals surface area contributed by atoms with Gasteiger partial charge in [-0.1, -0.05) is 41.9 Å². The number of carbonyl (C=O) groups excluding carboxylic acids is 1. The van der Waals surface area contributed by atoms with Gasteiger partial charge in [0.2, 0.25) is 5.91 Å². The van der Waals surface area contributed by atoms with Crippen molar-refractivity contribution in [2.45, 2.75) is 6.04 Å². The number of hydrogen-bond acceptors (Lipinski definition) is 6. The molecule has 162 valence electrons. The molecule has 0 saturated carbocycles. The summed E-state index contributed by atoms with van der Waals surface area (Å²) in [5, 5.41) is 3.71. The second-order valence-electron chi connectivity index (χ2n) is 7.74. The number of amides is 1. The zero-order chi connectivity index (χ0) is 22.1. The van der Waals surface area contributed by atoms with Gasteiger partial charge in [-0.15, -0.1) is 11.3 Å². The number of piperazine rings is 1. The zero-order valence-corrected chi connectivity index (χ0v) is 18.9. The van der Waals surface area contributed by atoms with E-state index in [0.29, 0.717) is 18.1 Å². The molecule has 2 aromatic carbocycles. The summed E-state index contributed by atoms with van der Waals surface area (Å²) >= 11 is 7.65. The lowest BCUT2D eigenvalue weighted by Crippen LogP contribution is -2.50. The molecule has 0 spiro atoms. The van der Waals surface area contributed by atoms with E-state index < -0.39 is 6.04 Å². The molecule has 0 radical (unpaired) electrons. The summed E-state index contributed by atoms with van der Waals surface area (Å²) in [4.78, 5) is 27.5. The van der Waals surface area contributed by atoms with Crippen molar-refractivity contribution in [2.24, 2.45) is 5.73 Å². The molecule has 8 heteroatoms. The molecular formula is C24H22ClN5OS. The van der Waals surface area contributed by atoms with E-state index in [1.54, 1.807) is 23.5 Å². The standard InChI is InChI=1S/C24H22ClN5OS/c25-17-9-7-16(8-10-17)21(22(26)31)29-11-13-30(14-12-29)24-18-4-1-2-5-19(18)27-23(28-24)20-6-3-15-32-20/h1-10,15,21H,11-14H2,(H2,26,31). The van der Waals surface area contributed by atoms with Crippen molar-refractivity contribution in [3.05, 3.63) is 76.6 Å². The molecule has 1 atom stereocenters. The van der Waals surface area contributed by atoms with Gasteiger partial charge in [0, 0.05) is 36.6 Å². The number of fused-ring (bicyclic) bond motifs is 1. The minimum atomic E-state index is -0.474. The third-order valence-corrected chi connectivity index (χ3v) is 6.88. The lowest BCUT2D eigenvalue weighted by Gasteiger charge is -2.39. The molecule has 32 heavy (non-hydrogen) atoms. The number of carbonyl (C=O) groups is 1. The summed E-state index contributed by atoms with van der Waals surface area (Å²) < 4.78 is 0. The zero-order valence-electron chi connectivity index (χ0n) is 17.3. The van der Waals surface area contributed by atoms with E-state index in [0.717, 1.165) is 46.1 Å². The number of benzene rings is 2. The van der Waals surface area contributed by atoms with E-state index in [1.807, 2.05) is 47.8 Å². The van der Waals surface area contributed by atoms with E-state index in [4.69, 9.17) is 27.3 Å². The molecule has 6 nitrogen and oxygen atoms in total. The number of rotatable bonds is 5. The fourth-order valence-electron chi connectivity index (χ4n) is 4.21. The van der Waals surface area contributed by atoms with Crippen LogP contribution in [-0.4, -0.2) is 47.0 Å². The van der Waals surface area contributed by atoms with Crippen molar-refractivity contribution >= 4 is 45.6 Å². The fourth-order valence-corrected chi connectivity index (χ4v) is 4.99. The van der Waals surface area contributed by atoms with E-state index in [-0.39, 0.29) is 5.91 Å². The minimum Gasteiger partial charge on any atom is -0.368 e. The number of primary amides is 1. The maximum atomic E-state index is 12.3. The van der Waals surface area contributed by atoms with Gasteiger partial charge in [0.1, 0.15) is 11.9 Å². The van der Waals surface area contributed by atoms with Crippen molar-refractivity contribution in [1.29, 1.82) is 0 Å². The molecule has 1 aliphatic heterocycles. The first-order chi connectivity index (χ1) is 15.6. The predicted octanol–water partition coefficient (Wildman–Crippen LogP) is 4.36. The summed E-state index contributed by atoms with van der Waals surface area (Å²) in [6.07, 6.45) is 0. The summed E-state index contributed by atoms with van der Waals surface area (Å²) in [6, 6.07) is 19.0. The van der Waals surface area contributed by atoms with Gasteiger partial charge >= 0.3 is 0 Å². The molecule has 1 fully saturated rings. The van der Waals surface area contributed by atoms with Crippen LogP contribution in [0.4, 0.5) is 5.82 Å². The predicted molar refractivity (Wildman–Crippen MR) is 130 cm³/mol. The number of para-hydroxylation sites is 1. The second kappa shape index (κ2) is 8.86. The van der Waals surface area contributed by atoms with Crippen molar-refractivity contribution < 1.29 is 4.79 Å². The molecule has 2 N–H and O–H groups in total. The van der Waals surface area contributed by atoms with Crippen molar-refractivity contribution in [3.63, 3.8) is 0 Å². The molecule has 4 aromatic rings. The summed E-state index contributed by atoms with van der Waals surface area (Å²) in [6.45, 7) is 2.87. The Morgan fingerprint density at radius 2 is 1.72 bits per heavy atom. The lowest BCUT2D eigenvalue weighted by atomic mass is 10.0. The van der Waals surface area contributed by atoms with Crippen LogP contribution in [-0.2, 0) is 4.79 Å². The van der Waals surface area contributed by atoms with Gasteiger partial charge in [-0.2, -0.15) is 0 Å². The Balaban J connectivity index is 1.42. The van der Waals surface area contributed by atoms with Gasteiger partial charge in [0.25, 0.3) is 0 Å². The van der Waals surface area contributed by atoms with Gasteiger partial charge < -0.3 is 10.6 Å². The highest BCUT2D eigenvalue weighted by atomic mass is 35.5. The average Bonchev–Trinajstić information content (AvgIpc) is 3.35. The van der Waals surface area contributed by atoms with E-state index in [9.17, 15) is 4.79 Å². The van der Waals surface area contributed by atoms with Crippen molar-refractivity contribution in [1.82, 2.24) is 14.9 Å². The summed E-state index contributed by atoms with van der Waals surface area (Å²) in [5.74, 6) is 1.32. The highest BCUT2D eigenvalue weighted by molar-refractivity contribution is 7.13. The molecule has 2 aromatic heterocycles. The van der Waals surface area contributed by atoms with Crippen LogP contribution in [0, 0.1) is 0 Å². The van der Waals surface area contributed by atoms with Gasteiger partial charge in [0.15, 0.2) is 5.82 Å². The maximum Gasteiger partial charge on any atom is 0.239 e. The van der Waals surface area contributed by atoms with Gasteiger partial charge in [-0.3, -0.25) is 9.69 Å². The molecule has 3 heterocycles. The third-order valence-electron chi connectivity index (χ3n) is 5.76. The molecule has 1 aliphatic rings. The molecule has 1 amide bonds. The Bertz CT molecular complexity index is 1240. The Hall–Kier alpha value is -3.00. The number of hydrogen-bond donors (Lipinski definition) is 1. The highest BCUT2D eigenvalue weighted by Crippen LogP contribution is 2.31. The van der Waals surface area contributed by atoms with E-state index in [1.165, 1.54) is 0 Å². The van der Waals surface area contributed by atoms with E-state index >= 15 is 0 Å². The second-order valence-corrected chi connectivity index (χ2v) is 9.13. The number of anilines is 1. The van der Waals surface area contributed by atoms with Crippen LogP contribution >= 0.6 is 22.9 Å². The number of thiophene rings is 1. The Morgan fingerprint density at radius 1 is 0.969 bits per heavy atom. The Morgan fingerprint density at radius 3 is 2.41 bits per heavy atom. The SMILES string of the molecule is NC(=O)C(c1ccc(Cl)cc1)N1CCN(c2nc(-c3cccs3)nc3ccccc23)CC1. The summed E-state index contributed by atoms with van der Waals surface area (Å²) in [7, 11) is 0. The van der Waals surface area contributed by atoms with Crippen LogP contribution in [0.5, 0.6) is 0 Å². The first-order valence-electron chi connectivity index (χ1n) is 10.4. The third kappa shape index (κ3) is 4.07. The molecule has 0 aliphatic carbocycles. The average molecular weight is 464 g/mol. The maximum absolute atomic E-state index is 12.3. The number of halogens is 1. The molecule has 0 bridgehead atoms. The molecular weight excluding hydrogens is 442 g/mol. The Kier molecular flexibility index (Phi) is 5.78. The fraction of sp³-hybridized carbons (Fsp3) is 0.208. The number of nitrogens with two attached hydrogens (primary N) is 1. The van der Waals surface area contributed by atoms with Crippen LogP contribution in [0.25, 0.3) is 21.6 Å². The number of aromatic nitrogens is 2. The summed E-state index contributed by atoms with van der Waals surface area (Å²) in [5.41, 5.74) is 7.58. The smallest absolute Gasteiger partial charge is 0.239 e. The molecule has 1 unspecified atom stereocenters. The lowest BCUT2D eigenvalue weighted by molar-refractivity contribution is -0.123. The minimum absolute atomic E-state index is 0.353. The van der Waals surface area contributed by atoms with Crippen molar-refractivity contribution in [2.75, 3.05) is 31.1 Å². The van der Waals surface area contributed by atoms with Crippen LogP contribution in [0.15, 0.2) is 66.0 Å². The van der Waals surface area contributed by atoms with Crippen LogP contribution in [0.1, 0.15) is 11.6 Å².